The molecule has 4 aromatic rings. The van der Waals surface area contributed by atoms with E-state index in [0.717, 1.165) is 27.0 Å². The number of esters is 1. The lowest BCUT2D eigenvalue weighted by Gasteiger charge is -2.25. The Bertz CT molecular complexity index is 1630. The number of hydrogen-bond donors (Lipinski definition) is 1. The van der Waals surface area contributed by atoms with Crippen molar-refractivity contribution < 1.29 is 28.5 Å². The van der Waals surface area contributed by atoms with E-state index >= 15 is 0 Å². The molecule has 0 saturated carbocycles. The van der Waals surface area contributed by atoms with Gasteiger partial charge in [-0.25, -0.2) is 14.8 Å². The smallest absolute Gasteiger partial charge is 0.410 e. The van der Waals surface area contributed by atoms with Crippen molar-refractivity contribution in [3.63, 3.8) is 0 Å². The highest BCUT2D eigenvalue weighted by molar-refractivity contribution is 7.10. The molecule has 0 spiro atoms. The molecule has 2 heterocycles. The molecule has 0 aliphatic rings. The number of ether oxygens (including phenoxy) is 4. The van der Waals surface area contributed by atoms with Crippen LogP contribution in [0.15, 0.2) is 47.8 Å². The van der Waals surface area contributed by atoms with Crippen LogP contribution < -0.4 is 14.8 Å². The summed E-state index contributed by atoms with van der Waals surface area (Å²) in [5.41, 5.74) is 3.30. The topological polar surface area (TPSA) is 112 Å². The second-order valence-electron chi connectivity index (χ2n) is 11.4. The lowest BCUT2D eigenvalue weighted by atomic mass is 10.0. The Morgan fingerprint density at radius 3 is 2.52 bits per heavy atom. The minimum absolute atomic E-state index is 0.0650. The van der Waals surface area contributed by atoms with Crippen LogP contribution in [0, 0.1) is 6.92 Å². The van der Waals surface area contributed by atoms with Gasteiger partial charge in [-0.15, -0.1) is 11.3 Å². The van der Waals surface area contributed by atoms with Crippen LogP contribution in [-0.4, -0.2) is 60.4 Å². The second-order valence-corrected chi connectivity index (χ2v) is 12.4. The number of aryl methyl sites for hydroxylation is 1. The van der Waals surface area contributed by atoms with Gasteiger partial charge >= 0.3 is 12.1 Å². The summed E-state index contributed by atoms with van der Waals surface area (Å²) in [5.74, 6) is 1.93. The minimum Gasteiger partial charge on any atom is -0.493 e. The normalized spacial score (nSPS) is 12.0. The number of carbonyl (C=O) groups excluding carboxylic acids is 2. The molecule has 44 heavy (non-hydrogen) atoms. The Labute approximate surface area is 262 Å². The average molecular weight is 621 g/mol. The van der Waals surface area contributed by atoms with Crippen molar-refractivity contribution in [3.8, 4) is 22.6 Å². The largest absolute Gasteiger partial charge is 0.493 e. The molecule has 11 heteroatoms. The molecule has 4 rings (SSSR count). The molecular formula is C33H40N4O6S. The summed E-state index contributed by atoms with van der Waals surface area (Å²) < 4.78 is 21.6. The number of carbonyl (C=O) groups is 2. The number of rotatable bonds is 11. The zero-order valence-electron chi connectivity index (χ0n) is 26.5. The molecule has 0 saturated heterocycles. The molecule has 0 unspecified atom stereocenters. The van der Waals surface area contributed by atoms with Crippen LogP contribution in [0.1, 0.15) is 56.4 Å². The standard InChI is InChI=1S/C33H40N4O6S/c1-20(29-15-23(19-44-29)24-12-10-9-11-22(24)18-37(6)32(39)43-33(3,4)5)34-31-25-16-27(40-7)28(42-14-13-30(38)41-8)17-26(25)35-21(2)36-31/h9-12,15-17,19-20H,13-14,18H2,1-8H3,(H,34,35,36)/t20-/m0/s1. The third-order valence-electron chi connectivity index (χ3n) is 6.73. The SMILES string of the molecule is COC(=O)CCOc1cc2nc(C)nc(N[C@@H](C)c3cc(-c4ccccc4CN(C)C(=O)OC(C)(C)C)cs3)c2cc1OC. The number of fused-ring (bicyclic) bond motifs is 1. The van der Waals surface area contributed by atoms with Crippen LogP contribution >= 0.6 is 11.3 Å². The fraction of sp³-hybridized carbons (Fsp3) is 0.394. The van der Waals surface area contributed by atoms with E-state index in [9.17, 15) is 9.59 Å². The maximum atomic E-state index is 12.6. The van der Waals surface area contributed by atoms with Gasteiger partial charge in [-0.1, -0.05) is 24.3 Å². The number of thiophene rings is 1. The molecule has 1 atom stereocenters. The highest BCUT2D eigenvalue weighted by Gasteiger charge is 2.21. The van der Waals surface area contributed by atoms with Crippen LogP contribution in [0.3, 0.4) is 0 Å². The maximum Gasteiger partial charge on any atom is 0.410 e. The van der Waals surface area contributed by atoms with E-state index in [2.05, 4.69) is 34.7 Å². The van der Waals surface area contributed by atoms with Gasteiger partial charge in [0.1, 0.15) is 17.2 Å². The van der Waals surface area contributed by atoms with Gasteiger partial charge in [-0.2, -0.15) is 0 Å². The second kappa shape index (κ2) is 13.9. The number of anilines is 1. The molecule has 234 valence electrons. The van der Waals surface area contributed by atoms with Gasteiger partial charge in [0.05, 0.1) is 38.8 Å². The first-order valence-electron chi connectivity index (χ1n) is 14.3. The molecule has 1 N–H and O–H groups in total. The predicted molar refractivity (Wildman–Crippen MR) is 172 cm³/mol. The van der Waals surface area contributed by atoms with Gasteiger partial charge in [0.15, 0.2) is 11.5 Å². The Hall–Kier alpha value is -4.38. The highest BCUT2D eigenvalue weighted by atomic mass is 32.1. The summed E-state index contributed by atoms with van der Waals surface area (Å²) in [4.78, 5) is 36.1. The molecule has 10 nitrogen and oxygen atoms in total. The maximum absolute atomic E-state index is 12.6. The number of amides is 1. The molecule has 0 aliphatic carbocycles. The van der Waals surface area contributed by atoms with Gasteiger partial charge in [-0.3, -0.25) is 4.79 Å². The van der Waals surface area contributed by atoms with Gasteiger partial charge in [0, 0.05) is 29.9 Å². The fourth-order valence-electron chi connectivity index (χ4n) is 4.58. The molecule has 0 radical (unpaired) electrons. The quantitative estimate of drug-likeness (QED) is 0.175. The first-order chi connectivity index (χ1) is 20.9. The number of hydrogen-bond acceptors (Lipinski definition) is 10. The van der Waals surface area contributed by atoms with Crippen LogP contribution in [0.2, 0.25) is 0 Å². The molecule has 0 fully saturated rings. The van der Waals surface area contributed by atoms with E-state index in [4.69, 9.17) is 23.9 Å². The van der Waals surface area contributed by atoms with E-state index in [0.29, 0.717) is 35.2 Å². The van der Waals surface area contributed by atoms with Crippen molar-refractivity contribution >= 4 is 40.1 Å². The monoisotopic (exact) mass is 620 g/mol. The third-order valence-corrected chi connectivity index (χ3v) is 7.84. The first-order valence-corrected chi connectivity index (χ1v) is 15.2. The fourth-order valence-corrected chi connectivity index (χ4v) is 5.49. The summed E-state index contributed by atoms with van der Waals surface area (Å²) in [6.07, 6.45) is -0.238. The Morgan fingerprint density at radius 2 is 1.82 bits per heavy atom. The molecule has 0 aliphatic heterocycles. The third kappa shape index (κ3) is 8.16. The summed E-state index contributed by atoms with van der Waals surface area (Å²) >= 11 is 1.65. The Morgan fingerprint density at radius 1 is 1.07 bits per heavy atom. The van der Waals surface area contributed by atoms with Crippen LogP contribution in [0.4, 0.5) is 10.6 Å². The molecule has 1 amide bonds. The van der Waals surface area contributed by atoms with Crippen molar-refractivity contribution in [1.29, 1.82) is 0 Å². The van der Waals surface area contributed by atoms with Crippen LogP contribution in [0.5, 0.6) is 11.5 Å². The molecule has 2 aromatic carbocycles. The van der Waals surface area contributed by atoms with E-state index < -0.39 is 5.60 Å². The Balaban J connectivity index is 1.55. The lowest BCUT2D eigenvalue weighted by Crippen LogP contribution is -2.33. The van der Waals surface area contributed by atoms with Crippen LogP contribution in [0.25, 0.3) is 22.0 Å². The van der Waals surface area contributed by atoms with Gasteiger partial charge < -0.3 is 29.2 Å². The van der Waals surface area contributed by atoms with Crippen molar-refractivity contribution in [2.24, 2.45) is 0 Å². The van der Waals surface area contributed by atoms with Crippen molar-refractivity contribution in [2.75, 3.05) is 33.2 Å². The summed E-state index contributed by atoms with van der Waals surface area (Å²) in [6.45, 7) is 10.1. The number of aromatic nitrogens is 2. The van der Waals surface area contributed by atoms with E-state index in [1.54, 1.807) is 36.5 Å². The number of methoxy groups -OCH3 is 2. The Kier molecular flexibility index (Phi) is 10.3. The summed E-state index contributed by atoms with van der Waals surface area (Å²) in [6, 6.07) is 13.8. The van der Waals surface area contributed by atoms with Crippen molar-refractivity contribution in [3.05, 3.63) is 64.1 Å². The highest BCUT2D eigenvalue weighted by Crippen LogP contribution is 2.37. The molecule has 2 aromatic heterocycles. The average Bonchev–Trinajstić information content (AvgIpc) is 3.46. The van der Waals surface area contributed by atoms with Gasteiger partial charge in [-0.05, 0) is 68.8 Å². The van der Waals surface area contributed by atoms with Crippen molar-refractivity contribution in [2.45, 2.75) is 59.2 Å². The zero-order chi connectivity index (χ0) is 32.0. The number of nitrogens with one attached hydrogen (secondary N) is 1. The van der Waals surface area contributed by atoms with E-state index in [1.807, 2.05) is 52.0 Å². The minimum atomic E-state index is -0.559. The molecular weight excluding hydrogens is 580 g/mol. The number of benzene rings is 2. The van der Waals surface area contributed by atoms with E-state index in [1.165, 1.54) is 7.11 Å². The van der Waals surface area contributed by atoms with Gasteiger partial charge in [0.2, 0.25) is 0 Å². The van der Waals surface area contributed by atoms with Crippen molar-refractivity contribution in [1.82, 2.24) is 14.9 Å². The predicted octanol–water partition coefficient (Wildman–Crippen LogP) is 7.16. The molecule has 0 bridgehead atoms. The van der Waals surface area contributed by atoms with E-state index in [-0.39, 0.29) is 31.1 Å². The van der Waals surface area contributed by atoms with Crippen LogP contribution in [-0.2, 0) is 20.8 Å². The summed E-state index contributed by atoms with van der Waals surface area (Å²) in [5, 5.41) is 6.47. The lowest BCUT2D eigenvalue weighted by molar-refractivity contribution is -0.141. The van der Waals surface area contributed by atoms with Gasteiger partial charge in [0.25, 0.3) is 0 Å². The zero-order valence-corrected chi connectivity index (χ0v) is 27.3. The number of nitrogens with zero attached hydrogens (tertiary/aromatic N) is 3. The summed E-state index contributed by atoms with van der Waals surface area (Å²) in [7, 11) is 4.66. The first kappa shape index (κ1) is 32.5.